The lowest BCUT2D eigenvalue weighted by molar-refractivity contribution is -0.130. The van der Waals surface area contributed by atoms with Gasteiger partial charge in [-0.2, -0.15) is 0 Å². The number of hydrogen-bond acceptors (Lipinski definition) is 4. The fraction of sp³-hybridized carbons (Fsp3) is 0.238. The lowest BCUT2D eigenvalue weighted by atomic mass is 10.2. The fourth-order valence-electron chi connectivity index (χ4n) is 2.67. The van der Waals surface area contributed by atoms with Gasteiger partial charge in [-0.25, -0.2) is 9.37 Å². The van der Waals surface area contributed by atoms with Crippen LogP contribution < -0.4 is 0 Å². The van der Waals surface area contributed by atoms with Gasteiger partial charge in [0.15, 0.2) is 5.76 Å². The van der Waals surface area contributed by atoms with Gasteiger partial charge in [0.05, 0.1) is 11.4 Å². The lowest BCUT2D eigenvalue weighted by Gasteiger charge is -2.23. The summed E-state index contributed by atoms with van der Waals surface area (Å²) in [5, 5.41) is 0.0966. The molecule has 1 atom stereocenters. The number of oxazole rings is 1. The summed E-state index contributed by atoms with van der Waals surface area (Å²) in [6, 6.07) is 15.9. The van der Waals surface area contributed by atoms with Crippen molar-refractivity contribution < 1.29 is 13.6 Å². The summed E-state index contributed by atoms with van der Waals surface area (Å²) in [6.45, 7) is 5.02. The average Bonchev–Trinajstić information content (AvgIpc) is 3.15. The molecule has 2 aromatic carbocycles. The van der Waals surface area contributed by atoms with Gasteiger partial charge in [0.1, 0.15) is 5.82 Å². The predicted molar refractivity (Wildman–Crippen MR) is 105 cm³/mol. The fourth-order valence-corrected chi connectivity index (χ4v) is 3.47. The summed E-state index contributed by atoms with van der Waals surface area (Å²) in [7, 11) is 0. The molecule has 1 aromatic heterocycles. The number of aromatic nitrogens is 1. The Kier molecular flexibility index (Phi) is 6.29. The number of benzene rings is 2. The minimum absolute atomic E-state index is 0.0351. The van der Waals surface area contributed by atoms with E-state index in [0.29, 0.717) is 24.1 Å². The molecular weight excluding hydrogens is 363 g/mol. The van der Waals surface area contributed by atoms with E-state index in [2.05, 4.69) is 4.98 Å². The lowest BCUT2D eigenvalue weighted by Crippen LogP contribution is -2.35. The van der Waals surface area contributed by atoms with E-state index in [1.54, 1.807) is 18.3 Å². The molecule has 6 heteroatoms. The predicted octanol–water partition coefficient (Wildman–Crippen LogP) is 5.01. The largest absolute Gasteiger partial charge is 0.431 e. The van der Waals surface area contributed by atoms with Crippen LogP contribution in [0.1, 0.15) is 19.4 Å². The van der Waals surface area contributed by atoms with E-state index in [1.165, 1.54) is 23.9 Å². The minimum Gasteiger partial charge on any atom is -0.431 e. The van der Waals surface area contributed by atoms with Crippen LogP contribution >= 0.6 is 11.8 Å². The average molecular weight is 384 g/mol. The molecule has 0 saturated heterocycles. The molecular formula is C21H21FN2O2S. The number of rotatable bonds is 7. The van der Waals surface area contributed by atoms with Crippen LogP contribution in [0.3, 0.4) is 0 Å². The van der Waals surface area contributed by atoms with Gasteiger partial charge in [0, 0.05) is 18.7 Å². The molecule has 0 aliphatic rings. The number of amides is 1. The molecule has 0 radical (unpaired) electrons. The first-order chi connectivity index (χ1) is 13.1. The van der Waals surface area contributed by atoms with Gasteiger partial charge in [-0.1, -0.05) is 42.1 Å². The molecule has 1 heterocycles. The molecule has 0 aliphatic carbocycles. The number of carbonyl (C=O) groups excluding carboxylic acids is 1. The Morgan fingerprint density at radius 1 is 1.19 bits per heavy atom. The number of hydrogen-bond donors (Lipinski definition) is 0. The maximum Gasteiger partial charge on any atom is 0.256 e. The van der Waals surface area contributed by atoms with Crippen LogP contribution in [-0.2, 0) is 11.3 Å². The van der Waals surface area contributed by atoms with Crippen molar-refractivity contribution in [2.45, 2.75) is 30.9 Å². The molecule has 3 rings (SSSR count). The second kappa shape index (κ2) is 8.86. The maximum absolute atomic E-state index is 13.0. The van der Waals surface area contributed by atoms with Crippen molar-refractivity contribution >= 4 is 17.7 Å². The molecule has 0 fully saturated rings. The summed E-state index contributed by atoms with van der Waals surface area (Å²) in [4.78, 5) is 18.8. The zero-order valence-corrected chi connectivity index (χ0v) is 16.1. The third kappa shape index (κ3) is 4.98. The van der Waals surface area contributed by atoms with Crippen LogP contribution in [0.5, 0.6) is 0 Å². The monoisotopic (exact) mass is 384 g/mol. The molecule has 0 aliphatic heterocycles. The zero-order chi connectivity index (χ0) is 19.2. The quantitative estimate of drug-likeness (QED) is 0.537. The van der Waals surface area contributed by atoms with Gasteiger partial charge in [0.2, 0.25) is 5.91 Å². The molecule has 3 aromatic rings. The molecule has 27 heavy (non-hydrogen) atoms. The van der Waals surface area contributed by atoms with Crippen molar-refractivity contribution in [2.24, 2.45) is 0 Å². The molecule has 140 valence electrons. The standard InChI is InChI=1S/C21H21FN2O2S/c1-3-24(14-16-7-5-4-6-8-16)20(25)15(2)27-21-23-13-19(26-21)17-9-11-18(22)12-10-17/h4-13,15H,3,14H2,1-2H3. The summed E-state index contributed by atoms with van der Waals surface area (Å²) in [6.07, 6.45) is 1.59. The van der Waals surface area contributed by atoms with Crippen LogP contribution in [-0.4, -0.2) is 27.6 Å². The Hall–Kier alpha value is -2.60. The number of thioether (sulfide) groups is 1. The molecule has 4 nitrogen and oxygen atoms in total. The van der Waals surface area contributed by atoms with Gasteiger partial charge in [0.25, 0.3) is 5.22 Å². The highest BCUT2D eigenvalue weighted by Crippen LogP contribution is 2.29. The summed E-state index contributed by atoms with van der Waals surface area (Å²) < 4.78 is 18.8. The summed E-state index contributed by atoms with van der Waals surface area (Å²) >= 11 is 1.28. The van der Waals surface area contributed by atoms with E-state index >= 15 is 0 Å². The SMILES string of the molecule is CCN(Cc1ccccc1)C(=O)C(C)Sc1ncc(-c2ccc(F)cc2)o1. The van der Waals surface area contributed by atoms with Crippen molar-refractivity contribution in [2.75, 3.05) is 6.54 Å². The Bertz CT molecular complexity index is 881. The smallest absolute Gasteiger partial charge is 0.256 e. The Morgan fingerprint density at radius 3 is 2.56 bits per heavy atom. The number of carbonyl (C=O) groups is 1. The van der Waals surface area contributed by atoms with E-state index in [-0.39, 0.29) is 17.0 Å². The first-order valence-corrected chi connectivity index (χ1v) is 9.66. The second-order valence-corrected chi connectivity index (χ2v) is 7.39. The van der Waals surface area contributed by atoms with E-state index < -0.39 is 0 Å². The van der Waals surface area contributed by atoms with E-state index in [0.717, 1.165) is 11.1 Å². The van der Waals surface area contributed by atoms with Crippen LogP contribution in [0, 0.1) is 5.82 Å². The third-order valence-electron chi connectivity index (χ3n) is 4.15. The van der Waals surface area contributed by atoms with E-state index in [4.69, 9.17) is 4.42 Å². The van der Waals surface area contributed by atoms with E-state index in [9.17, 15) is 9.18 Å². The number of nitrogens with zero attached hydrogens (tertiary/aromatic N) is 2. The molecule has 1 unspecified atom stereocenters. The van der Waals surface area contributed by atoms with Crippen molar-refractivity contribution in [3.63, 3.8) is 0 Å². The van der Waals surface area contributed by atoms with Gasteiger partial charge < -0.3 is 9.32 Å². The third-order valence-corrected chi connectivity index (χ3v) is 5.09. The van der Waals surface area contributed by atoms with Crippen LogP contribution in [0.15, 0.2) is 70.4 Å². The number of halogens is 1. The molecule has 0 N–H and O–H groups in total. The molecule has 0 saturated carbocycles. The summed E-state index contributed by atoms with van der Waals surface area (Å²) in [5.74, 6) is 0.284. The second-order valence-electron chi connectivity index (χ2n) is 6.10. The van der Waals surface area contributed by atoms with Crippen molar-refractivity contribution in [3.05, 3.63) is 72.2 Å². The normalized spacial score (nSPS) is 12.0. The highest BCUT2D eigenvalue weighted by molar-refractivity contribution is 8.00. The van der Waals surface area contributed by atoms with Crippen LogP contribution in [0.4, 0.5) is 4.39 Å². The molecule has 0 bridgehead atoms. The maximum atomic E-state index is 13.0. The van der Waals surface area contributed by atoms with Crippen molar-refractivity contribution in [1.82, 2.24) is 9.88 Å². The first kappa shape index (κ1) is 19.2. The first-order valence-electron chi connectivity index (χ1n) is 8.78. The van der Waals surface area contributed by atoms with Crippen molar-refractivity contribution in [1.29, 1.82) is 0 Å². The van der Waals surface area contributed by atoms with Crippen molar-refractivity contribution in [3.8, 4) is 11.3 Å². The van der Waals surface area contributed by atoms with Crippen LogP contribution in [0.2, 0.25) is 0 Å². The zero-order valence-electron chi connectivity index (χ0n) is 15.3. The Morgan fingerprint density at radius 2 is 1.89 bits per heavy atom. The highest BCUT2D eigenvalue weighted by Gasteiger charge is 2.22. The Balaban J connectivity index is 1.64. The van der Waals surface area contributed by atoms with Gasteiger partial charge in [-0.05, 0) is 43.7 Å². The van der Waals surface area contributed by atoms with Gasteiger partial charge in [-0.15, -0.1) is 0 Å². The highest BCUT2D eigenvalue weighted by atomic mass is 32.2. The topological polar surface area (TPSA) is 46.3 Å². The molecule has 1 amide bonds. The van der Waals surface area contributed by atoms with Gasteiger partial charge >= 0.3 is 0 Å². The Labute approximate surface area is 162 Å². The van der Waals surface area contributed by atoms with E-state index in [1.807, 2.05) is 49.1 Å². The molecule has 0 spiro atoms. The van der Waals surface area contributed by atoms with Crippen LogP contribution in [0.25, 0.3) is 11.3 Å². The van der Waals surface area contributed by atoms with Gasteiger partial charge in [-0.3, -0.25) is 4.79 Å². The summed E-state index contributed by atoms with van der Waals surface area (Å²) in [5.41, 5.74) is 1.84. The minimum atomic E-state index is -0.326.